The smallest absolute Gasteiger partial charge is 0.309 e. The lowest BCUT2D eigenvalue weighted by Gasteiger charge is -2.07. The summed E-state index contributed by atoms with van der Waals surface area (Å²) < 4.78 is 4.65. The molecule has 2 rings (SSSR count). The molecule has 1 amide bonds. The molecule has 2 aromatic rings. The van der Waals surface area contributed by atoms with Crippen LogP contribution in [0.3, 0.4) is 0 Å². The first-order valence-electron chi connectivity index (χ1n) is 7.18. The van der Waals surface area contributed by atoms with Crippen LogP contribution in [-0.4, -0.2) is 25.5 Å². The van der Waals surface area contributed by atoms with Crippen LogP contribution in [0.5, 0.6) is 0 Å². The molecule has 0 aliphatic heterocycles. The maximum Gasteiger partial charge on any atom is 0.309 e. The van der Waals surface area contributed by atoms with Crippen molar-refractivity contribution in [2.45, 2.75) is 13.3 Å². The van der Waals surface area contributed by atoms with Gasteiger partial charge < -0.3 is 10.1 Å². The maximum atomic E-state index is 11.9. The van der Waals surface area contributed by atoms with Gasteiger partial charge in [-0.1, -0.05) is 36.4 Å². The van der Waals surface area contributed by atoms with E-state index >= 15 is 0 Å². The maximum absolute atomic E-state index is 11.9. The molecule has 4 heteroatoms. The van der Waals surface area contributed by atoms with E-state index in [2.05, 4.69) is 10.1 Å². The van der Waals surface area contributed by atoms with Crippen LogP contribution < -0.4 is 5.32 Å². The number of carbonyl (C=O) groups is 2. The summed E-state index contributed by atoms with van der Waals surface area (Å²) in [6.07, 6.45) is 0.260. The molecule has 0 radical (unpaired) electrons. The number of carbonyl (C=O) groups excluding carboxylic acids is 2. The number of hydrogen-bond acceptors (Lipinski definition) is 3. The summed E-state index contributed by atoms with van der Waals surface area (Å²) in [7, 11) is 1.38. The molecular formula is C18H19NO3. The van der Waals surface area contributed by atoms with Crippen LogP contribution in [0.1, 0.15) is 22.8 Å². The van der Waals surface area contributed by atoms with E-state index < -0.39 is 0 Å². The van der Waals surface area contributed by atoms with Gasteiger partial charge in [0.05, 0.1) is 13.5 Å². The van der Waals surface area contributed by atoms with Gasteiger partial charge in [0.2, 0.25) is 0 Å². The molecule has 114 valence electrons. The summed E-state index contributed by atoms with van der Waals surface area (Å²) in [6.45, 7) is 2.49. The Morgan fingerprint density at radius 2 is 1.77 bits per heavy atom. The summed E-state index contributed by atoms with van der Waals surface area (Å²) in [5.41, 5.74) is 3.50. The standard InChI is InChI=1S/C18H19NO3/c1-3-19-18(21)16-6-4-5-15(12-16)14-9-7-13(8-10-14)11-17(20)22-2/h4-10,12H,3,11H2,1-2H3,(H,19,21). The van der Waals surface area contributed by atoms with Gasteiger partial charge >= 0.3 is 5.97 Å². The molecule has 0 unspecified atom stereocenters. The minimum Gasteiger partial charge on any atom is -0.469 e. The number of methoxy groups -OCH3 is 1. The highest BCUT2D eigenvalue weighted by Gasteiger charge is 2.07. The number of ether oxygens (including phenoxy) is 1. The second-order valence-corrected chi connectivity index (χ2v) is 4.89. The van der Waals surface area contributed by atoms with Gasteiger partial charge in [0.25, 0.3) is 5.91 Å². The average Bonchev–Trinajstić information content (AvgIpc) is 2.56. The van der Waals surface area contributed by atoms with Gasteiger partial charge in [-0.05, 0) is 35.7 Å². The van der Waals surface area contributed by atoms with Gasteiger partial charge in [-0.25, -0.2) is 0 Å². The van der Waals surface area contributed by atoms with Crippen LogP contribution in [0.2, 0.25) is 0 Å². The van der Waals surface area contributed by atoms with Crippen LogP contribution in [0, 0.1) is 0 Å². The van der Waals surface area contributed by atoms with Gasteiger partial charge in [-0.15, -0.1) is 0 Å². The molecule has 0 bridgehead atoms. The Bertz CT molecular complexity index is 662. The minimum atomic E-state index is -0.258. The third-order valence-corrected chi connectivity index (χ3v) is 3.33. The van der Waals surface area contributed by atoms with E-state index in [-0.39, 0.29) is 18.3 Å². The molecule has 0 aliphatic carbocycles. The largest absolute Gasteiger partial charge is 0.469 e. The Morgan fingerprint density at radius 1 is 1.05 bits per heavy atom. The first kappa shape index (κ1) is 15.8. The van der Waals surface area contributed by atoms with Crippen LogP contribution in [0.15, 0.2) is 48.5 Å². The minimum absolute atomic E-state index is 0.0772. The summed E-state index contributed by atoms with van der Waals surface area (Å²) >= 11 is 0. The third-order valence-electron chi connectivity index (χ3n) is 3.33. The van der Waals surface area contributed by atoms with Gasteiger partial charge in [-0.3, -0.25) is 9.59 Å². The van der Waals surface area contributed by atoms with Crippen molar-refractivity contribution in [3.63, 3.8) is 0 Å². The Hall–Kier alpha value is -2.62. The lowest BCUT2D eigenvalue weighted by molar-refractivity contribution is -0.139. The normalized spacial score (nSPS) is 10.1. The monoisotopic (exact) mass is 297 g/mol. The van der Waals surface area contributed by atoms with Crippen molar-refractivity contribution in [3.8, 4) is 11.1 Å². The molecule has 0 saturated carbocycles. The number of esters is 1. The summed E-state index contributed by atoms with van der Waals surface area (Å²) in [5, 5.41) is 2.79. The first-order chi connectivity index (χ1) is 10.6. The van der Waals surface area contributed by atoms with Crippen LogP contribution in [-0.2, 0) is 16.0 Å². The Balaban J connectivity index is 2.19. The number of benzene rings is 2. The second kappa shape index (κ2) is 7.41. The number of nitrogens with one attached hydrogen (secondary N) is 1. The highest BCUT2D eigenvalue weighted by molar-refractivity contribution is 5.95. The molecule has 0 fully saturated rings. The van der Waals surface area contributed by atoms with Gasteiger partial charge in [0.1, 0.15) is 0 Å². The summed E-state index contributed by atoms with van der Waals surface area (Å²) in [4.78, 5) is 23.1. The molecule has 1 N–H and O–H groups in total. The fraction of sp³-hybridized carbons (Fsp3) is 0.222. The molecular weight excluding hydrogens is 278 g/mol. The Labute approximate surface area is 130 Å². The van der Waals surface area contributed by atoms with Crippen molar-refractivity contribution in [1.29, 1.82) is 0 Å². The zero-order chi connectivity index (χ0) is 15.9. The van der Waals surface area contributed by atoms with E-state index in [9.17, 15) is 9.59 Å². The van der Waals surface area contributed by atoms with E-state index in [1.54, 1.807) is 6.07 Å². The molecule has 0 saturated heterocycles. The zero-order valence-corrected chi connectivity index (χ0v) is 12.8. The second-order valence-electron chi connectivity index (χ2n) is 4.89. The van der Waals surface area contributed by atoms with E-state index in [1.807, 2.05) is 49.4 Å². The zero-order valence-electron chi connectivity index (χ0n) is 12.8. The fourth-order valence-corrected chi connectivity index (χ4v) is 2.16. The van der Waals surface area contributed by atoms with Crippen molar-refractivity contribution >= 4 is 11.9 Å². The van der Waals surface area contributed by atoms with Crippen LogP contribution in [0.25, 0.3) is 11.1 Å². The van der Waals surface area contributed by atoms with E-state index in [0.717, 1.165) is 16.7 Å². The highest BCUT2D eigenvalue weighted by atomic mass is 16.5. The molecule has 0 atom stereocenters. The molecule has 0 heterocycles. The predicted molar refractivity (Wildman–Crippen MR) is 85.6 cm³/mol. The fourth-order valence-electron chi connectivity index (χ4n) is 2.16. The topological polar surface area (TPSA) is 55.4 Å². The number of hydrogen-bond donors (Lipinski definition) is 1. The summed E-state index contributed by atoms with van der Waals surface area (Å²) in [6, 6.07) is 15.1. The third kappa shape index (κ3) is 3.95. The number of amides is 1. The van der Waals surface area contributed by atoms with Crippen LogP contribution >= 0.6 is 0 Å². The van der Waals surface area contributed by atoms with Gasteiger partial charge in [0, 0.05) is 12.1 Å². The molecule has 0 aromatic heterocycles. The molecule has 0 aliphatic rings. The van der Waals surface area contributed by atoms with Crippen LogP contribution in [0.4, 0.5) is 0 Å². The van der Waals surface area contributed by atoms with Crippen molar-refractivity contribution in [3.05, 3.63) is 59.7 Å². The molecule has 0 spiro atoms. The highest BCUT2D eigenvalue weighted by Crippen LogP contribution is 2.21. The molecule has 22 heavy (non-hydrogen) atoms. The predicted octanol–water partition coefficient (Wildman–Crippen LogP) is 2.82. The lowest BCUT2D eigenvalue weighted by Crippen LogP contribution is -2.22. The summed E-state index contributed by atoms with van der Waals surface area (Å²) in [5.74, 6) is -0.336. The van der Waals surface area contributed by atoms with Crippen molar-refractivity contribution in [1.82, 2.24) is 5.32 Å². The van der Waals surface area contributed by atoms with Gasteiger partial charge in [0.15, 0.2) is 0 Å². The molecule has 4 nitrogen and oxygen atoms in total. The van der Waals surface area contributed by atoms with E-state index in [1.165, 1.54) is 7.11 Å². The number of rotatable bonds is 5. The average molecular weight is 297 g/mol. The van der Waals surface area contributed by atoms with E-state index in [0.29, 0.717) is 12.1 Å². The Morgan fingerprint density at radius 3 is 2.41 bits per heavy atom. The van der Waals surface area contributed by atoms with Crippen molar-refractivity contribution < 1.29 is 14.3 Å². The van der Waals surface area contributed by atoms with Crippen molar-refractivity contribution in [2.75, 3.05) is 13.7 Å². The first-order valence-corrected chi connectivity index (χ1v) is 7.18. The van der Waals surface area contributed by atoms with Crippen molar-refractivity contribution in [2.24, 2.45) is 0 Å². The molecule has 2 aromatic carbocycles. The Kier molecular flexibility index (Phi) is 5.31. The SMILES string of the molecule is CCNC(=O)c1cccc(-c2ccc(CC(=O)OC)cc2)c1. The lowest BCUT2D eigenvalue weighted by atomic mass is 10.0. The van der Waals surface area contributed by atoms with E-state index in [4.69, 9.17) is 0 Å². The van der Waals surface area contributed by atoms with Gasteiger partial charge in [-0.2, -0.15) is 0 Å². The quantitative estimate of drug-likeness (QED) is 0.863.